The zero-order chi connectivity index (χ0) is 30.3. The lowest BCUT2D eigenvalue weighted by atomic mass is 10.1. The van der Waals surface area contributed by atoms with Crippen LogP contribution in [0.4, 0.5) is 0 Å². The Morgan fingerprint density at radius 3 is 1.62 bits per heavy atom. The van der Waals surface area contributed by atoms with E-state index < -0.39 is 0 Å². The Labute approximate surface area is 241 Å². The molecule has 0 amide bonds. The highest BCUT2D eigenvalue weighted by molar-refractivity contribution is 5.82. The van der Waals surface area contributed by atoms with Crippen molar-refractivity contribution in [2.45, 2.75) is 48.5 Å². The summed E-state index contributed by atoms with van der Waals surface area (Å²) >= 11 is 0. The molecule has 6 rings (SSSR count). The average Bonchev–Trinajstić information content (AvgIpc) is 3.45. The summed E-state index contributed by atoms with van der Waals surface area (Å²) in [6.45, 7) is 13.2. The molecule has 0 aliphatic carbocycles. The summed E-state index contributed by atoms with van der Waals surface area (Å²) in [7, 11) is 3.19. The van der Waals surface area contributed by atoms with E-state index in [1.54, 1.807) is 31.7 Å². The van der Waals surface area contributed by atoms with Crippen LogP contribution in [0.3, 0.4) is 0 Å². The monoisotopic (exact) mass is 568 g/mol. The molecule has 0 aliphatic heterocycles. The first-order chi connectivity index (χ1) is 20.0. The maximum Gasteiger partial charge on any atom is 0.349 e. The van der Waals surface area contributed by atoms with E-state index in [1.165, 1.54) is 4.52 Å². The van der Waals surface area contributed by atoms with Crippen molar-refractivity contribution in [2.75, 3.05) is 14.2 Å². The van der Waals surface area contributed by atoms with E-state index in [-0.39, 0.29) is 5.69 Å². The number of aromatic amines is 1. The highest BCUT2D eigenvalue weighted by atomic mass is 16.5. The molecule has 0 atom stereocenters. The lowest BCUT2D eigenvalue weighted by molar-refractivity contribution is 0.397. The standard InChI is InChI=1S/C15H17N5O.C14H15N5O2/c1-8-12(6-7-13(16-8)21-5)14-9(2)19-20-11(4)17-10(3)18-15(14)20;1-7-10(5-6-11(15-7)21-4)12-8(2)18-19-13(12)16-9(3)17-14(19)20/h6-7H,1-5H3;5-6H,1-4H3,(H,16,17,20). The summed E-state index contributed by atoms with van der Waals surface area (Å²) in [4.78, 5) is 36.7. The number of nitrogens with one attached hydrogen (secondary N) is 1. The van der Waals surface area contributed by atoms with Crippen LogP contribution in [-0.2, 0) is 0 Å². The van der Waals surface area contributed by atoms with Gasteiger partial charge in [0.05, 0.1) is 36.7 Å². The number of rotatable bonds is 4. The first kappa shape index (κ1) is 28.3. The lowest BCUT2D eigenvalue weighted by Crippen LogP contribution is -2.19. The summed E-state index contributed by atoms with van der Waals surface area (Å²) in [6, 6.07) is 7.54. The molecule has 6 aromatic heterocycles. The van der Waals surface area contributed by atoms with E-state index in [4.69, 9.17) is 9.47 Å². The fraction of sp³-hybridized carbons (Fsp3) is 0.310. The maximum atomic E-state index is 12.0. The first-order valence-electron chi connectivity index (χ1n) is 13.2. The largest absolute Gasteiger partial charge is 0.481 e. The number of methoxy groups -OCH3 is 2. The Morgan fingerprint density at radius 1 is 0.619 bits per heavy atom. The Hall–Kier alpha value is -5.20. The predicted molar refractivity (Wildman–Crippen MR) is 157 cm³/mol. The molecule has 0 aromatic carbocycles. The molecule has 13 heteroatoms. The van der Waals surface area contributed by atoms with Crippen LogP contribution in [0.5, 0.6) is 11.8 Å². The molecule has 6 aromatic rings. The van der Waals surface area contributed by atoms with Crippen LogP contribution in [0, 0.1) is 48.5 Å². The normalized spacial score (nSPS) is 11.1. The van der Waals surface area contributed by atoms with Crippen molar-refractivity contribution >= 4 is 11.3 Å². The SMILES string of the molecule is COc1ccc(-c2c(C)nn3c(=O)[nH]c(C)nc23)c(C)n1.COc1ccc(-c2c(C)nn3c(C)nc(C)nc23)c(C)n1. The molecule has 0 saturated carbocycles. The zero-order valence-electron chi connectivity index (χ0n) is 25.1. The van der Waals surface area contributed by atoms with E-state index in [0.717, 1.165) is 62.3 Å². The van der Waals surface area contributed by atoms with Gasteiger partial charge >= 0.3 is 5.69 Å². The molecule has 1 N–H and O–H groups in total. The van der Waals surface area contributed by atoms with Gasteiger partial charge in [0, 0.05) is 34.6 Å². The summed E-state index contributed by atoms with van der Waals surface area (Å²) in [5.41, 5.74) is 8.09. The van der Waals surface area contributed by atoms with Crippen LogP contribution >= 0.6 is 0 Å². The highest BCUT2D eigenvalue weighted by Gasteiger charge is 2.19. The molecule has 0 aliphatic rings. The highest BCUT2D eigenvalue weighted by Crippen LogP contribution is 2.31. The predicted octanol–water partition coefficient (Wildman–Crippen LogP) is 3.84. The lowest BCUT2D eigenvalue weighted by Gasteiger charge is -2.07. The number of pyridine rings is 2. The van der Waals surface area contributed by atoms with Crippen LogP contribution in [0.15, 0.2) is 29.1 Å². The number of nitrogens with zero attached hydrogens (tertiary/aromatic N) is 9. The molecule has 0 fully saturated rings. The number of aryl methyl sites for hydroxylation is 7. The number of fused-ring (bicyclic) bond motifs is 2. The molecule has 0 unspecified atom stereocenters. The van der Waals surface area contributed by atoms with Gasteiger partial charge in [-0.05, 0) is 60.6 Å². The molecular formula is C29H32N10O3. The third kappa shape index (κ3) is 5.04. The molecule has 42 heavy (non-hydrogen) atoms. The minimum Gasteiger partial charge on any atom is -0.481 e. The molecule has 216 valence electrons. The summed E-state index contributed by atoms with van der Waals surface area (Å²) in [5.74, 6) is 3.26. The quantitative estimate of drug-likeness (QED) is 0.332. The van der Waals surface area contributed by atoms with E-state index in [1.807, 2.05) is 59.7 Å². The molecular weight excluding hydrogens is 536 g/mol. The summed E-state index contributed by atoms with van der Waals surface area (Å²) in [6.07, 6.45) is 0. The second-order valence-electron chi connectivity index (χ2n) is 9.81. The Kier molecular flexibility index (Phi) is 7.42. The van der Waals surface area contributed by atoms with Gasteiger partial charge in [0.2, 0.25) is 11.8 Å². The van der Waals surface area contributed by atoms with Crippen LogP contribution in [0.25, 0.3) is 33.5 Å². The Balaban J connectivity index is 0.000000168. The van der Waals surface area contributed by atoms with Crippen molar-refractivity contribution in [3.05, 3.63) is 75.0 Å². The van der Waals surface area contributed by atoms with Gasteiger partial charge in [-0.25, -0.2) is 34.2 Å². The van der Waals surface area contributed by atoms with Gasteiger partial charge in [-0.15, -0.1) is 0 Å². The van der Waals surface area contributed by atoms with E-state index in [0.29, 0.717) is 23.2 Å². The van der Waals surface area contributed by atoms with Crippen molar-refractivity contribution < 1.29 is 9.47 Å². The van der Waals surface area contributed by atoms with E-state index >= 15 is 0 Å². The third-order valence-electron chi connectivity index (χ3n) is 6.80. The molecule has 13 nitrogen and oxygen atoms in total. The molecule has 0 spiro atoms. The maximum absolute atomic E-state index is 12.0. The minimum absolute atomic E-state index is 0.300. The molecule has 0 radical (unpaired) electrons. The van der Waals surface area contributed by atoms with E-state index in [9.17, 15) is 4.79 Å². The fourth-order valence-corrected chi connectivity index (χ4v) is 4.92. The van der Waals surface area contributed by atoms with Crippen molar-refractivity contribution in [1.29, 1.82) is 0 Å². The Bertz CT molecular complexity index is 2020. The smallest absolute Gasteiger partial charge is 0.349 e. The van der Waals surface area contributed by atoms with Crippen molar-refractivity contribution in [3.8, 4) is 34.0 Å². The third-order valence-corrected chi connectivity index (χ3v) is 6.80. The number of aromatic nitrogens is 10. The van der Waals surface area contributed by atoms with Gasteiger partial charge in [-0.1, -0.05) is 0 Å². The van der Waals surface area contributed by atoms with Crippen molar-refractivity contribution in [3.63, 3.8) is 0 Å². The first-order valence-corrected chi connectivity index (χ1v) is 13.2. The number of hydrogen-bond acceptors (Lipinski definition) is 10. The summed E-state index contributed by atoms with van der Waals surface area (Å²) in [5, 5.41) is 8.81. The van der Waals surface area contributed by atoms with Gasteiger partial charge in [-0.3, -0.25) is 4.98 Å². The fourth-order valence-electron chi connectivity index (χ4n) is 4.92. The number of H-pyrrole nitrogens is 1. The average molecular weight is 569 g/mol. The molecule has 6 heterocycles. The second kappa shape index (κ2) is 11.0. The van der Waals surface area contributed by atoms with Crippen molar-refractivity contribution in [1.82, 2.24) is 49.1 Å². The number of hydrogen-bond donors (Lipinski definition) is 1. The summed E-state index contributed by atoms with van der Waals surface area (Å²) < 4.78 is 13.3. The zero-order valence-corrected chi connectivity index (χ0v) is 25.1. The van der Waals surface area contributed by atoms with E-state index in [2.05, 4.69) is 40.1 Å². The Morgan fingerprint density at radius 2 is 1.12 bits per heavy atom. The van der Waals surface area contributed by atoms with Crippen molar-refractivity contribution in [2.24, 2.45) is 0 Å². The molecule has 0 saturated heterocycles. The topological polar surface area (TPSA) is 150 Å². The van der Waals surface area contributed by atoms with Gasteiger partial charge in [-0.2, -0.15) is 14.7 Å². The van der Waals surface area contributed by atoms with Crippen LogP contribution < -0.4 is 15.2 Å². The van der Waals surface area contributed by atoms with Crippen LogP contribution in [-0.4, -0.2) is 63.4 Å². The second-order valence-corrected chi connectivity index (χ2v) is 9.81. The minimum atomic E-state index is -0.300. The van der Waals surface area contributed by atoms with Gasteiger partial charge in [0.1, 0.15) is 17.5 Å². The van der Waals surface area contributed by atoms with Crippen LogP contribution in [0.2, 0.25) is 0 Å². The van der Waals surface area contributed by atoms with Gasteiger partial charge < -0.3 is 9.47 Å². The van der Waals surface area contributed by atoms with Gasteiger partial charge in [0.15, 0.2) is 11.3 Å². The molecule has 0 bridgehead atoms. The van der Waals surface area contributed by atoms with Crippen LogP contribution in [0.1, 0.15) is 40.2 Å². The number of ether oxygens (including phenoxy) is 2. The van der Waals surface area contributed by atoms with Gasteiger partial charge in [0.25, 0.3) is 0 Å².